The second-order valence-electron chi connectivity index (χ2n) is 8.39. The topological polar surface area (TPSA) is 27.7 Å². The number of hydrogen-bond acceptors (Lipinski definition) is 3. The first-order valence-corrected chi connectivity index (χ1v) is 13.2. The van der Waals surface area contributed by atoms with Crippen LogP contribution in [0.15, 0.2) is 33.9 Å². The first kappa shape index (κ1) is 23.7. The van der Waals surface area contributed by atoms with Gasteiger partial charge >= 0.3 is 0 Å². The summed E-state index contributed by atoms with van der Waals surface area (Å²) in [4.78, 5) is 0. The van der Waals surface area contributed by atoms with Crippen molar-refractivity contribution in [1.29, 1.82) is 0 Å². The lowest BCUT2D eigenvalue weighted by Crippen LogP contribution is -2.46. The molecule has 0 saturated heterocycles. The molecule has 0 aliphatic heterocycles. The van der Waals surface area contributed by atoms with E-state index < -0.39 is 8.32 Å². The smallest absolute Gasteiger partial charge is 0.192 e. The average Bonchev–Trinajstić information content (AvgIpc) is 2.52. The molecule has 5 heteroatoms. The number of hydrogen-bond donors (Lipinski definition) is 0. The van der Waals surface area contributed by atoms with Gasteiger partial charge in [0.25, 0.3) is 0 Å². The summed E-state index contributed by atoms with van der Waals surface area (Å²) in [5.41, 5.74) is 1.14. The quantitative estimate of drug-likeness (QED) is 0.289. The van der Waals surface area contributed by atoms with Crippen molar-refractivity contribution in [3.8, 4) is 5.75 Å². The monoisotopic (exact) mass is 490 g/mol. The van der Waals surface area contributed by atoms with Crippen LogP contribution in [-0.2, 0) is 15.8 Å². The molecule has 3 nitrogen and oxygen atoms in total. The molecular weight excluding hydrogens is 455 g/mol. The van der Waals surface area contributed by atoms with Crippen molar-refractivity contribution in [3.63, 3.8) is 0 Å². The highest BCUT2D eigenvalue weighted by Gasteiger charge is 2.40. The third-order valence-corrected chi connectivity index (χ3v) is 9.91. The zero-order chi connectivity index (χ0) is 20.0. The molecule has 0 aliphatic rings. The third-order valence-electron chi connectivity index (χ3n) is 5.04. The van der Waals surface area contributed by atoms with Crippen molar-refractivity contribution in [3.05, 3.63) is 39.5 Å². The van der Waals surface area contributed by atoms with Gasteiger partial charge in [-0.3, -0.25) is 0 Å². The van der Waals surface area contributed by atoms with Crippen LogP contribution in [0.1, 0.15) is 40.2 Å². The summed E-state index contributed by atoms with van der Waals surface area (Å²) in [6.07, 6.45) is 2.34. The van der Waals surface area contributed by atoms with E-state index >= 15 is 0 Å². The molecule has 1 aromatic carbocycles. The van der Waals surface area contributed by atoms with Gasteiger partial charge in [0, 0.05) is 5.92 Å². The molecule has 0 radical (unpaired) electrons. The zero-order valence-corrected chi connectivity index (χ0v) is 20.7. The summed E-state index contributed by atoms with van der Waals surface area (Å²) in [6, 6.07) is 8.02. The van der Waals surface area contributed by atoms with Gasteiger partial charge in [0.1, 0.15) is 5.75 Å². The molecule has 0 spiro atoms. The summed E-state index contributed by atoms with van der Waals surface area (Å²) in [5, 5.41) is 0.185. The fourth-order valence-electron chi connectivity index (χ4n) is 2.33. The Morgan fingerprint density at radius 1 is 1.19 bits per heavy atom. The Bertz CT molecular complexity index is 572. The van der Waals surface area contributed by atoms with E-state index in [0.29, 0.717) is 19.1 Å². The van der Waals surface area contributed by atoms with Gasteiger partial charge in [-0.15, -0.1) is 0 Å². The number of ether oxygens (including phenoxy) is 2. The molecule has 0 aliphatic carbocycles. The maximum atomic E-state index is 6.69. The third kappa shape index (κ3) is 7.70. The second kappa shape index (κ2) is 10.2. The van der Waals surface area contributed by atoms with E-state index in [9.17, 15) is 0 Å². The summed E-state index contributed by atoms with van der Waals surface area (Å²) >= 11 is 2.36. The minimum absolute atomic E-state index is 0.0684. The summed E-state index contributed by atoms with van der Waals surface area (Å²) in [6.45, 7) is 17.0. The van der Waals surface area contributed by atoms with Crippen molar-refractivity contribution >= 4 is 30.9 Å². The Balaban J connectivity index is 2.76. The maximum absolute atomic E-state index is 6.69. The van der Waals surface area contributed by atoms with Gasteiger partial charge < -0.3 is 13.9 Å². The summed E-state index contributed by atoms with van der Waals surface area (Å²) < 4.78 is 19.2. The van der Waals surface area contributed by atoms with Crippen LogP contribution in [0.4, 0.5) is 0 Å². The number of halogens is 1. The Morgan fingerprint density at radius 3 is 2.23 bits per heavy atom. The van der Waals surface area contributed by atoms with Crippen LogP contribution in [0.2, 0.25) is 18.1 Å². The van der Waals surface area contributed by atoms with Crippen LogP contribution >= 0.6 is 22.6 Å². The molecule has 0 aromatic heterocycles. The molecule has 0 heterocycles. The highest BCUT2D eigenvalue weighted by molar-refractivity contribution is 14.1. The molecule has 0 amide bonds. The molecule has 0 fully saturated rings. The van der Waals surface area contributed by atoms with Crippen LogP contribution in [0.3, 0.4) is 0 Å². The Hall–Kier alpha value is -0.373. The van der Waals surface area contributed by atoms with Crippen LogP contribution in [0.5, 0.6) is 5.75 Å². The van der Waals surface area contributed by atoms with Gasteiger partial charge in [-0.2, -0.15) is 0 Å². The molecule has 0 unspecified atom stereocenters. The van der Waals surface area contributed by atoms with E-state index in [-0.39, 0.29) is 11.1 Å². The van der Waals surface area contributed by atoms with E-state index in [0.717, 1.165) is 11.3 Å². The highest BCUT2D eigenvalue weighted by atomic mass is 127. The lowest BCUT2D eigenvalue weighted by atomic mass is 10.1. The Labute approximate surface area is 174 Å². The van der Waals surface area contributed by atoms with Crippen LogP contribution in [0.25, 0.3) is 0 Å². The molecule has 2 atom stereocenters. The van der Waals surface area contributed by atoms with E-state index in [4.69, 9.17) is 13.9 Å². The standard InChI is InChI=1S/C21H35IO3Si/c1-16(13-17(2)22)20(25-26(7,8)21(3,4)5)15-24-14-18-9-11-19(23-6)12-10-18/h9-13,16,20H,14-15H2,1-8H3/b17-13+/t16-,20-/m0/s1. The molecular formula is C21H35IO3Si. The fraction of sp³-hybridized carbons (Fsp3) is 0.619. The Kier molecular flexibility index (Phi) is 9.33. The SMILES string of the molecule is COc1ccc(COC[C@H](O[Si](C)(C)C(C)(C)C)[C@@H](C)/C=C(\C)I)cc1. The predicted molar refractivity (Wildman–Crippen MR) is 122 cm³/mol. The molecule has 148 valence electrons. The predicted octanol–water partition coefficient (Wildman–Crippen LogP) is 6.58. The lowest BCUT2D eigenvalue weighted by Gasteiger charge is -2.40. The molecule has 0 N–H and O–H groups in total. The number of allylic oxidation sites excluding steroid dienone is 1. The average molecular weight is 490 g/mol. The lowest BCUT2D eigenvalue weighted by molar-refractivity contribution is 0.0182. The zero-order valence-electron chi connectivity index (χ0n) is 17.6. The first-order chi connectivity index (χ1) is 12.0. The molecule has 1 aromatic rings. The van der Waals surface area contributed by atoms with Gasteiger partial charge in [0.05, 0.1) is 26.4 Å². The minimum atomic E-state index is -1.85. The Morgan fingerprint density at radius 2 is 1.77 bits per heavy atom. The first-order valence-electron chi connectivity index (χ1n) is 9.18. The van der Waals surface area contributed by atoms with Crippen LogP contribution in [0, 0.1) is 5.92 Å². The van der Waals surface area contributed by atoms with E-state index in [1.165, 1.54) is 3.58 Å². The largest absolute Gasteiger partial charge is 0.497 e. The number of rotatable bonds is 9. The van der Waals surface area contributed by atoms with Crippen LogP contribution < -0.4 is 4.74 Å². The van der Waals surface area contributed by atoms with E-state index in [1.54, 1.807) is 7.11 Å². The van der Waals surface area contributed by atoms with Crippen molar-refractivity contribution in [2.24, 2.45) is 5.92 Å². The van der Waals surface area contributed by atoms with Gasteiger partial charge in [0.2, 0.25) is 0 Å². The van der Waals surface area contributed by atoms with Crippen molar-refractivity contribution in [2.45, 2.75) is 65.5 Å². The summed E-state index contributed by atoms with van der Waals surface area (Å²) in [7, 11) is -0.173. The highest BCUT2D eigenvalue weighted by Crippen LogP contribution is 2.38. The number of methoxy groups -OCH3 is 1. The van der Waals surface area contributed by atoms with Crippen molar-refractivity contribution in [2.75, 3.05) is 13.7 Å². The number of benzene rings is 1. The maximum Gasteiger partial charge on any atom is 0.192 e. The molecule has 26 heavy (non-hydrogen) atoms. The van der Waals surface area contributed by atoms with E-state index in [2.05, 4.69) is 76.4 Å². The van der Waals surface area contributed by atoms with Gasteiger partial charge in [-0.1, -0.05) is 45.9 Å². The normalized spacial score (nSPS) is 15.7. The molecule has 0 saturated carbocycles. The molecule has 1 rings (SSSR count). The van der Waals surface area contributed by atoms with Crippen molar-refractivity contribution in [1.82, 2.24) is 0 Å². The fourth-order valence-corrected chi connectivity index (χ4v) is 4.29. The van der Waals surface area contributed by atoms with Gasteiger partial charge in [-0.05, 0) is 68.9 Å². The minimum Gasteiger partial charge on any atom is -0.497 e. The molecule has 0 bridgehead atoms. The van der Waals surface area contributed by atoms with Gasteiger partial charge in [-0.25, -0.2) is 0 Å². The van der Waals surface area contributed by atoms with Crippen LogP contribution in [-0.4, -0.2) is 28.1 Å². The van der Waals surface area contributed by atoms with Crippen molar-refractivity contribution < 1.29 is 13.9 Å². The second-order valence-corrected chi connectivity index (χ2v) is 14.9. The van der Waals surface area contributed by atoms with E-state index in [1.807, 2.05) is 24.3 Å². The summed E-state index contributed by atoms with van der Waals surface area (Å²) in [5.74, 6) is 1.18. The van der Waals surface area contributed by atoms with Gasteiger partial charge in [0.15, 0.2) is 8.32 Å².